The predicted octanol–water partition coefficient (Wildman–Crippen LogP) is 8.80. The Bertz CT molecular complexity index is 1120. The van der Waals surface area contributed by atoms with E-state index in [0.717, 1.165) is 62.7 Å². The second kappa shape index (κ2) is 34.6. The monoisotopic (exact) mass is 824 g/mol. The number of hydrogen-bond acceptors (Lipinski definition) is 10. The molecular weight excluding hydrogens is 739 g/mol. The maximum atomic E-state index is 14.0. The molecule has 1 rings (SSSR count). The number of unbranched alkanes of at least 4 members (excludes halogenated alkanes) is 24. The van der Waals surface area contributed by atoms with Gasteiger partial charge in [0.05, 0.1) is 6.42 Å². The van der Waals surface area contributed by atoms with Crippen molar-refractivity contribution in [2.75, 3.05) is 6.54 Å². The molecule has 0 aromatic rings. The highest BCUT2D eigenvalue weighted by Crippen LogP contribution is 2.27. The minimum atomic E-state index is -2.10. The second-order valence-electron chi connectivity index (χ2n) is 17.0. The smallest absolute Gasteiger partial charge is 0.261 e. The lowest BCUT2D eigenvalue weighted by Crippen LogP contribution is -2.65. The number of imide groups is 1. The third-order valence-corrected chi connectivity index (χ3v) is 11.7. The van der Waals surface area contributed by atoms with Gasteiger partial charge in [0, 0.05) is 32.2 Å². The first-order valence-electron chi connectivity index (χ1n) is 23.8. The summed E-state index contributed by atoms with van der Waals surface area (Å²) in [6, 6.07) is 0. The number of aliphatic hydroxyl groups is 4. The van der Waals surface area contributed by atoms with Crippen LogP contribution in [0, 0.1) is 0 Å². The van der Waals surface area contributed by atoms with E-state index in [1.807, 2.05) is 6.92 Å². The first kappa shape index (κ1) is 54.0. The van der Waals surface area contributed by atoms with Crippen molar-refractivity contribution in [1.82, 2.24) is 4.90 Å². The number of carbonyl (C=O) groups is 5. The molecule has 1 aliphatic rings. The molecule has 6 atom stereocenters. The number of amides is 2. The van der Waals surface area contributed by atoms with Crippen molar-refractivity contribution < 1.29 is 49.1 Å². The predicted molar refractivity (Wildman–Crippen MR) is 229 cm³/mol. The number of ether oxygens (including phenoxy) is 1. The molecule has 338 valence electrons. The van der Waals surface area contributed by atoms with Crippen molar-refractivity contribution in [2.45, 2.75) is 263 Å². The largest absolute Gasteiger partial charge is 0.387 e. The van der Waals surface area contributed by atoms with Gasteiger partial charge in [0.2, 0.25) is 5.91 Å². The third-order valence-electron chi connectivity index (χ3n) is 11.7. The normalized spacial score (nSPS) is 19.9. The molecule has 0 saturated carbocycles. The van der Waals surface area contributed by atoms with Crippen LogP contribution in [0.15, 0.2) is 0 Å². The summed E-state index contributed by atoms with van der Waals surface area (Å²) >= 11 is 0. The van der Waals surface area contributed by atoms with Crippen LogP contribution in [0.2, 0.25) is 0 Å². The maximum Gasteiger partial charge on any atom is 0.261 e. The van der Waals surface area contributed by atoms with E-state index in [9.17, 15) is 44.4 Å². The van der Waals surface area contributed by atoms with Crippen molar-refractivity contribution in [2.24, 2.45) is 0 Å². The molecule has 0 spiro atoms. The van der Waals surface area contributed by atoms with Crippen molar-refractivity contribution >= 4 is 29.2 Å². The summed E-state index contributed by atoms with van der Waals surface area (Å²) in [6.45, 7) is 6.48. The zero-order valence-corrected chi connectivity index (χ0v) is 37.0. The minimum Gasteiger partial charge on any atom is -0.387 e. The maximum absolute atomic E-state index is 14.0. The van der Waals surface area contributed by atoms with Gasteiger partial charge in [-0.25, -0.2) is 0 Å². The molecule has 1 saturated heterocycles. The molecule has 0 aliphatic carbocycles. The molecule has 0 bridgehead atoms. The summed E-state index contributed by atoms with van der Waals surface area (Å²) < 4.78 is 5.67. The Labute approximate surface area is 351 Å². The molecule has 0 radical (unpaired) electrons. The van der Waals surface area contributed by atoms with Crippen LogP contribution >= 0.6 is 0 Å². The molecule has 0 aromatic carbocycles. The Morgan fingerprint density at radius 2 is 0.897 bits per heavy atom. The van der Waals surface area contributed by atoms with Crippen molar-refractivity contribution in [3.63, 3.8) is 0 Å². The van der Waals surface area contributed by atoms with Crippen LogP contribution in [0.3, 0.4) is 0 Å². The van der Waals surface area contributed by atoms with Gasteiger partial charge in [-0.1, -0.05) is 175 Å². The summed E-state index contributed by atoms with van der Waals surface area (Å²) in [5.41, 5.74) is 0. The molecule has 58 heavy (non-hydrogen) atoms. The van der Waals surface area contributed by atoms with E-state index in [1.165, 1.54) is 96.3 Å². The average molecular weight is 824 g/mol. The molecule has 0 aromatic heterocycles. The molecule has 2 amide bonds. The molecule has 1 unspecified atom stereocenters. The van der Waals surface area contributed by atoms with E-state index in [1.54, 1.807) is 0 Å². The quantitative estimate of drug-likeness (QED) is 0.0347. The number of rotatable bonds is 38. The first-order valence-corrected chi connectivity index (χ1v) is 23.8. The molecular formula is C47H85NO10. The summed E-state index contributed by atoms with van der Waals surface area (Å²) in [4.78, 5) is 66.0. The zero-order valence-electron chi connectivity index (χ0n) is 37.0. The lowest BCUT2D eigenvalue weighted by atomic mass is 9.89. The van der Waals surface area contributed by atoms with Gasteiger partial charge in [0.25, 0.3) is 5.91 Å². The van der Waals surface area contributed by atoms with E-state index >= 15 is 0 Å². The molecule has 1 heterocycles. The topological polar surface area (TPSA) is 179 Å². The number of hydrogen-bond donors (Lipinski definition) is 4. The fourth-order valence-corrected chi connectivity index (χ4v) is 7.77. The van der Waals surface area contributed by atoms with Crippen molar-refractivity contribution in [3.8, 4) is 0 Å². The Balaban J connectivity index is 2.76. The lowest BCUT2D eigenvalue weighted by Gasteiger charge is -2.42. The third kappa shape index (κ3) is 23.7. The van der Waals surface area contributed by atoms with Gasteiger partial charge < -0.3 is 25.2 Å². The molecule has 1 aliphatic heterocycles. The standard InChI is InChI=1S/C47H85NO10/c1-4-7-10-12-14-16-17-18-19-20-21-22-24-26-28-30-35-48(40(52)32-29-27-25-23-15-13-11-8-5-2)47(57)46-44(56)42(54)43(55)45(58-46)41(53)39(51)36-38(50)34-33-37(49)31-9-6-3/h41-46,53-56H,4-36H2,1-3H3/t41?,42-,43+,44+,45+,46+/m0/s1. The van der Waals surface area contributed by atoms with Gasteiger partial charge >= 0.3 is 0 Å². The van der Waals surface area contributed by atoms with Crippen LogP contribution in [0.25, 0.3) is 0 Å². The van der Waals surface area contributed by atoms with Gasteiger partial charge in [0.15, 0.2) is 11.9 Å². The van der Waals surface area contributed by atoms with Crippen LogP contribution in [0.4, 0.5) is 0 Å². The van der Waals surface area contributed by atoms with Gasteiger partial charge in [-0.2, -0.15) is 0 Å². The van der Waals surface area contributed by atoms with E-state index in [0.29, 0.717) is 25.7 Å². The Morgan fingerprint density at radius 3 is 1.36 bits per heavy atom. The Morgan fingerprint density at radius 1 is 0.483 bits per heavy atom. The van der Waals surface area contributed by atoms with Crippen molar-refractivity contribution in [1.29, 1.82) is 0 Å². The van der Waals surface area contributed by atoms with E-state index in [-0.39, 0.29) is 31.6 Å². The van der Waals surface area contributed by atoms with Crippen molar-refractivity contribution in [3.05, 3.63) is 0 Å². The Hall–Kier alpha value is -2.05. The van der Waals surface area contributed by atoms with Crippen LogP contribution in [-0.2, 0) is 28.7 Å². The van der Waals surface area contributed by atoms with Crippen LogP contribution in [0.1, 0.15) is 226 Å². The summed E-state index contributed by atoms with van der Waals surface area (Å²) in [5.74, 6) is -2.98. The average Bonchev–Trinajstić information content (AvgIpc) is 3.21. The minimum absolute atomic E-state index is 0.0193. The zero-order chi connectivity index (χ0) is 43.0. The SMILES string of the molecule is CCCCCCCCCCCCCCCCCCN(C(=O)CCCCCCCCCCC)C(=O)[C@@H]1O[C@H](C(O)C(=O)CC(=O)CCC(=O)CCCC)[C@H](O)[C@H](O)[C@H]1O. The fraction of sp³-hybridized carbons (Fsp3) is 0.894. The summed E-state index contributed by atoms with van der Waals surface area (Å²) in [5, 5.41) is 43.2. The van der Waals surface area contributed by atoms with Gasteiger partial charge in [-0.05, 0) is 19.3 Å². The van der Waals surface area contributed by atoms with E-state index < -0.39 is 66.4 Å². The molecule has 11 heteroatoms. The first-order chi connectivity index (χ1) is 28.0. The van der Waals surface area contributed by atoms with Crippen LogP contribution < -0.4 is 0 Å². The number of aliphatic hydroxyl groups excluding tert-OH is 4. The van der Waals surface area contributed by atoms with Crippen LogP contribution in [-0.4, -0.2) is 97.7 Å². The van der Waals surface area contributed by atoms with Crippen LogP contribution in [0.5, 0.6) is 0 Å². The highest BCUT2D eigenvalue weighted by atomic mass is 16.6. The highest BCUT2D eigenvalue weighted by molar-refractivity contribution is 6.02. The lowest BCUT2D eigenvalue weighted by molar-refractivity contribution is -0.240. The number of nitrogens with zero attached hydrogens (tertiary/aromatic N) is 1. The number of carbonyl (C=O) groups excluding carboxylic acids is 5. The van der Waals surface area contributed by atoms with Gasteiger partial charge in [-0.15, -0.1) is 0 Å². The van der Waals surface area contributed by atoms with Gasteiger partial charge in [-0.3, -0.25) is 28.9 Å². The van der Waals surface area contributed by atoms with E-state index in [2.05, 4.69) is 13.8 Å². The number of Topliss-reactive ketones (excluding diaryl/α,β-unsaturated/α-hetero) is 3. The summed E-state index contributed by atoms with van der Waals surface area (Å²) in [6.07, 6.45) is 18.0. The van der Waals surface area contributed by atoms with Gasteiger partial charge in [0.1, 0.15) is 42.1 Å². The highest BCUT2D eigenvalue weighted by Gasteiger charge is 2.51. The molecule has 1 fully saturated rings. The fourth-order valence-electron chi connectivity index (χ4n) is 7.77. The molecule has 11 nitrogen and oxygen atoms in total. The molecule has 4 N–H and O–H groups in total. The number of ketones is 3. The Kier molecular flexibility index (Phi) is 32.2. The summed E-state index contributed by atoms with van der Waals surface area (Å²) in [7, 11) is 0. The second-order valence-corrected chi connectivity index (χ2v) is 17.0. The van der Waals surface area contributed by atoms with E-state index in [4.69, 9.17) is 4.74 Å².